The zero-order chi connectivity index (χ0) is 19.4. The van der Waals surface area contributed by atoms with Crippen molar-refractivity contribution in [1.29, 1.82) is 0 Å². The number of carbonyl (C=O) groups is 2. The topological polar surface area (TPSA) is 128 Å². The number of hydrogen-bond donors (Lipinski definition) is 0. The van der Waals surface area contributed by atoms with E-state index in [1.54, 1.807) is 18.5 Å². The van der Waals surface area contributed by atoms with Crippen LogP contribution in [0.1, 0.15) is 19.7 Å². The first-order chi connectivity index (χ1) is 12.0. The summed E-state index contributed by atoms with van der Waals surface area (Å²) in [6, 6.07) is 0. The van der Waals surface area contributed by atoms with Crippen LogP contribution in [-0.2, 0) is 26.5 Å². The summed E-state index contributed by atoms with van der Waals surface area (Å²) < 4.78 is 26.8. The summed E-state index contributed by atoms with van der Waals surface area (Å²) in [4.78, 5) is 41.3. The summed E-state index contributed by atoms with van der Waals surface area (Å²) in [5.74, 6) is -0.783. The molecule has 0 radical (unpaired) electrons. The maximum Gasteiger partial charge on any atom is 0.231 e. The fraction of sp³-hybridized carbons (Fsp3) is 0.333. The molecule has 0 saturated heterocycles. The van der Waals surface area contributed by atoms with Gasteiger partial charge in [0.1, 0.15) is 22.6 Å². The molecule has 3 heterocycles. The van der Waals surface area contributed by atoms with E-state index in [1.807, 2.05) is 0 Å². The average molecular weight is 376 g/mol. The van der Waals surface area contributed by atoms with Crippen LogP contribution in [0.15, 0.2) is 11.2 Å². The van der Waals surface area contributed by atoms with E-state index in [4.69, 9.17) is 0 Å². The summed E-state index contributed by atoms with van der Waals surface area (Å²) in [7, 11) is -2.11. The molecule has 0 aliphatic rings. The molecule has 3 aromatic rings. The third kappa shape index (κ3) is 2.60. The normalized spacial score (nSPS) is 11.9. The van der Waals surface area contributed by atoms with Crippen LogP contribution in [0.4, 0.5) is 5.82 Å². The Bertz CT molecular complexity index is 1180. The number of amides is 2. The zero-order valence-electron chi connectivity index (χ0n) is 14.8. The largest absolute Gasteiger partial charge is 0.316 e. The molecule has 0 unspecified atom stereocenters. The number of carbonyl (C=O) groups excluding carboxylic acids is 2. The smallest absolute Gasteiger partial charge is 0.231 e. The number of pyridine rings is 1. The molecule has 0 aliphatic carbocycles. The Balaban J connectivity index is 2.63. The number of aryl methyl sites for hydroxylation is 2. The first kappa shape index (κ1) is 17.9. The zero-order valence-corrected chi connectivity index (χ0v) is 15.6. The summed E-state index contributed by atoms with van der Waals surface area (Å²) in [6.07, 6.45) is 2.15. The third-order valence-corrected chi connectivity index (χ3v) is 5.10. The number of imidazole rings is 1. The molecule has 0 fully saturated rings. The second-order valence-electron chi connectivity index (χ2n) is 5.87. The summed E-state index contributed by atoms with van der Waals surface area (Å²) >= 11 is 0. The number of imide groups is 1. The molecule has 0 saturated carbocycles. The molecule has 136 valence electrons. The molecular weight excluding hydrogens is 360 g/mol. The number of rotatable bonds is 2. The molecule has 0 aliphatic heterocycles. The Morgan fingerprint density at radius 3 is 2.27 bits per heavy atom. The van der Waals surface area contributed by atoms with Crippen molar-refractivity contribution < 1.29 is 18.0 Å². The minimum atomic E-state index is -3.81. The van der Waals surface area contributed by atoms with E-state index in [9.17, 15) is 18.0 Å². The van der Waals surface area contributed by atoms with Crippen molar-refractivity contribution in [3.8, 4) is 0 Å². The van der Waals surface area contributed by atoms with Crippen molar-refractivity contribution in [2.24, 2.45) is 7.05 Å². The van der Waals surface area contributed by atoms with Crippen molar-refractivity contribution >= 4 is 49.7 Å². The van der Waals surface area contributed by atoms with Crippen molar-refractivity contribution in [1.82, 2.24) is 24.5 Å². The molecule has 2 amide bonds. The van der Waals surface area contributed by atoms with Gasteiger partial charge in [-0.15, -0.1) is 0 Å². The standard InChI is InChI=1S/C15H16N6O4S/c1-7-18-11-12(26(5,24)25)10-13(19-15(11)20(7)4)16-6-17-14(10)21(8(2)22)9(3)23/h6H,1-5H3. The van der Waals surface area contributed by atoms with Crippen LogP contribution in [0.2, 0.25) is 0 Å². The van der Waals surface area contributed by atoms with Gasteiger partial charge in [-0.1, -0.05) is 0 Å². The van der Waals surface area contributed by atoms with Crippen LogP contribution in [0, 0.1) is 6.92 Å². The number of sulfone groups is 1. The van der Waals surface area contributed by atoms with E-state index in [1.165, 1.54) is 13.8 Å². The maximum absolute atomic E-state index is 12.6. The van der Waals surface area contributed by atoms with Crippen LogP contribution in [0.3, 0.4) is 0 Å². The molecule has 10 nitrogen and oxygen atoms in total. The highest BCUT2D eigenvalue weighted by Gasteiger charge is 2.29. The van der Waals surface area contributed by atoms with Crippen molar-refractivity contribution in [3.63, 3.8) is 0 Å². The Morgan fingerprint density at radius 1 is 1.12 bits per heavy atom. The van der Waals surface area contributed by atoms with E-state index in [0.717, 1.165) is 17.5 Å². The molecular formula is C15H16N6O4S. The van der Waals surface area contributed by atoms with Crippen LogP contribution in [0.5, 0.6) is 0 Å². The molecule has 0 atom stereocenters. The molecule has 11 heteroatoms. The Morgan fingerprint density at radius 2 is 1.73 bits per heavy atom. The van der Waals surface area contributed by atoms with Gasteiger partial charge in [0.15, 0.2) is 26.9 Å². The molecule has 3 aromatic heterocycles. The SMILES string of the molecule is CC(=O)N(C(C)=O)c1ncnc2nc3c(nc(C)n3C)c(S(C)(=O)=O)c12. The lowest BCUT2D eigenvalue weighted by Crippen LogP contribution is -2.34. The van der Waals surface area contributed by atoms with E-state index in [2.05, 4.69) is 19.9 Å². The number of hydrogen-bond acceptors (Lipinski definition) is 8. The summed E-state index contributed by atoms with van der Waals surface area (Å²) in [5, 5.41) is -0.00833. The summed E-state index contributed by atoms with van der Waals surface area (Å²) in [6.45, 7) is 4.08. The second-order valence-corrected chi connectivity index (χ2v) is 7.83. The van der Waals surface area contributed by atoms with Gasteiger partial charge in [0.2, 0.25) is 11.8 Å². The van der Waals surface area contributed by atoms with E-state index >= 15 is 0 Å². The lowest BCUT2D eigenvalue weighted by atomic mass is 10.2. The highest BCUT2D eigenvalue weighted by molar-refractivity contribution is 7.91. The molecule has 3 rings (SSSR count). The Kier molecular flexibility index (Phi) is 3.98. The predicted octanol–water partition coefficient (Wildman–Crippen LogP) is 0.523. The van der Waals surface area contributed by atoms with E-state index < -0.39 is 21.7 Å². The van der Waals surface area contributed by atoms with E-state index in [-0.39, 0.29) is 27.3 Å². The lowest BCUT2D eigenvalue weighted by molar-refractivity contribution is -0.124. The fourth-order valence-electron chi connectivity index (χ4n) is 2.80. The molecule has 0 bridgehead atoms. The van der Waals surface area contributed by atoms with Gasteiger partial charge in [-0.2, -0.15) is 0 Å². The van der Waals surface area contributed by atoms with Gasteiger partial charge in [-0.25, -0.2) is 33.3 Å². The Labute approximate surface area is 148 Å². The van der Waals surface area contributed by atoms with E-state index in [0.29, 0.717) is 11.5 Å². The van der Waals surface area contributed by atoms with Gasteiger partial charge in [-0.05, 0) is 6.92 Å². The van der Waals surface area contributed by atoms with Gasteiger partial charge in [-0.3, -0.25) is 9.59 Å². The molecule has 26 heavy (non-hydrogen) atoms. The second kappa shape index (κ2) is 5.80. The van der Waals surface area contributed by atoms with Crippen molar-refractivity contribution in [3.05, 3.63) is 12.2 Å². The minimum Gasteiger partial charge on any atom is -0.316 e. The van der Waals surface area contributed by atoms with Gasteiger partial charge in [0, 0.05) is 27.2 Å². The van der Waals surface area contributed by atoms with Gasteiger partial charge >= 0.3 is 0 Å². The minimum absolute atomic E-state index is 0.00833. The monoisotopic (exact) mass is 376 g/mol. The quantitative estimate of drug-likeness (QED) is 0.633. The van der Waals surface area contributed by atoms with Crippen LogP contribution in [0.25, 0.3) is 22.2 Å². The van der Waals surface area contributed by atoms with Crippen LogP contribution in [-0.4, -0.2) is 51.0 Å². The highest BCUT2D eigenvalue weighted by Crippen LogP contribution is 2.34. The lowest BCUT2D eigenvalue weighted by Gasteiger charge is -2.18. The van der Waals surface area contributed by atoms with Crippen molar-refractivity contribution in [2.75, 3.05) is 11.2 Å². The van der Waals surface area contributed by atoms with Gasteiger partial charge < -0.3 is 4.57 Å². The fourth-order valence-corrected chi connectivity index (χ4v) is 3.85. The predicted molar refractivity (Wildman–Crippen MR) is 93.3 cm³/mol. The Hall–Kier alpha value is -2.95. The summed E-state index contributed by atoms with van der Waals surface area (Å²) in [5.41, 5.74) is 0.527. The van der Waals surface area contributed by atoms with Crippen LogP contribution >= 0.6 is 0 Å². The first-order valence-corrected chi connectivity index (χ1v) is 9.42. The third-order valence-electron chi connectivity index (χ3n) is 3.96. The van der Waals surface area contributed by atoms with Gasteiger partial charge in [0.05, 0.1) is 5.39 Å². The van der Waals surface area contributed by atoms with Gasteiger partial charge in [0.25, 0.3) is 0 Å². The molecule has 0 spiro atoms. The first-order valence-electron chi connectivity index (χ1n) is 7.53. The number of aromatic nitrogens is 5. The maximum atomic E-state index is 12.6. The average Bonchev–Trinajstić information content (AvgIpc) is 2.78. The number of anilines is 1. The van der Waals surface area contributed by atoms with Crippen molar-refractivity contribution in [2.45, 2.75) is 25.7 Å². The number of nitrogens with zero attached hydrogens (tertiary/aromatic N) is 6. The molecule has 0 aromatic carbocycles. The highest BCUT2D eigenvalue weighted by atomic mass is 32.2. The molecule has 0 N–H and O–H groups in total. The van der Waals surface area contributed by atoms with Crippen LogP contribution < -0.4 is 4.90 Å². The number of fused-ring (bicyclic) bond motifs is 2.